The summed E-state index contributed by atoms with van der Waals surface area (Å²) in [6.07, 6.45) is 0.326. The fourth-order valence-corrected chi connectivity index (χ4v) is 5.66. The molecule has 38 heavy (non-hydrogen) atoms. The van der Waals surface area contributed by atoms with Crippen LogP contribution in [-0.4, -0.2) is 51.4 Å². The molecule has 1 atom stereocenters. The summed E-state index contributed by atoms with van der Waals surface area (Å²) in [7, 11) is -2.67. The standard InChI is InChI=1S/C28H32ClN3O5S/c1-4-26(28(34)30-5-2)31(19-21-12-9-10-17-25(21)29)27(33)20-32(22-13-11-14-23(18-22)37-3)38(35,36)24-15-7-6-8-16-24/h6-18,26H,4-5,19-20H2,1-3H3,(H,30,34)/t26-/m1/s1. The summed E-state index contributed by atoms with van der Waals surface area (Å²) in [5.41, 5.74) is 0.898. The lowest BCUT2D eigenvalue weighted by Crippen LogP contribution is -2.52. The molecule has 0 saturated heterocycles. The predicted octanol–water partition coefficient (Wildman–Crippen LogP) is 4.49. The van der Waals surface area contributed by atoms with Crippen molar-refractivity contribution in [3.63, 3.8) is 0 Å². The van der Waals surface area contributed by atoms with Gasteiger partial charge in [-0.1, -0.05) is 61.0 Å². The van der Waals surface area contributed by atoms with Gasteiger partial charge in [-0.15, -0.1) is 0 Å². The minimum atomic E-state index is -4.15. The molecule has 0 aliphatic rings. The smallest absolute Gasteiger partial charge is 0.264 e. The Bertz CT molecular complexity index is 1350. The molecule has 0 radical (unpaired) electrons. The molecule has 2 amide bonds. The highest BCUT2D eigenvalue weighted by atomic mass is 35.5. The van der Waals surface area contributed by atoms with Gasteiger partial charge in [0.2, 0.25) is 11.8 Å². The fourth-order valence-electron chi connectivity index (χ4n) is 4.04. The Morgan fingerprint density at radius 1 is 0.974 bits per heavy atom. The summed E-state index contributed by atoms with van der Waals surface area (Å²) in [4.78, 5) is 28.3. The molecule has 3 aromatic rings. The molecular formula is C28H32ClN3O5S. The molecule has 0 aliphatic heterocycles. The van der Waals surface area contributed by atoms with E-state index in [0.717, 1.165) is 4.31 Å². The summed E-state index contributed by atoms with van der Waals surface area (Å²) in [5, 5.41) is 3.22. The van der Waals surface area contributed by atoms with Crippen molar-refractivity contribution >= 4 is 39.1 Å². The lowest BCUT2D eigenvalue weighted by atomic mass is 10.1. The van der Waals surface area contributed by atoms with Crippen LogP contribution in [0.3, 0.4) is 0 Å². The number of hydrogen-bond acceptors (Lipinski definition) is 5. The highest BCUT2D eigenvalue weighted by molar-refractivity contribution is 7.92. The average molecular weight is 558 g/mol. The van der Waals surface area contributed by atoms with Crippen molar-refractivity contribution in [2.45, 2.75) is 37.8 Å². The maximum atomic E-state index is 13.9. The van der Waals surface area contributed by atoms with Gasteiger partial charge >= 0.3 is 0 Å². The number of sulfonamides is 1. The van der Waals surface area contributed by atoms with Crippen LogP contribution in [0, 0.1) is 0 Å². The second-order valence-corrected chi connectivity index (χ2v) is 10.7. The quantitative estimate of drug-likeness (QED) is 0.354. The highest BCUT2D eigenvalue weighted by Gasteiger charge is 2.33. The van der Waals surface area contributed by atoms with Gasteiger partial charge in [0.25, 0.3) is 10.0 Å². The van der Waals surface area contributed by atoms with Gasteiger partial charge in [0, 0.05) is 24.2 Å². The van der Waals surface area contributed by atoms with E-state index in [1.807, 2.05) is 0 Å². The Balaban J connectivity index is 2.08. The average Bonchev–Trinajstić information content (AvgIpc) is 2.93. The number of nitrogens with one attached hydrogen (secondary N) is 1. The lowest BCUT2D eigenvalue weighted by molar-refractivity contribution is -0.140. The van der Waals surface area contributed by atoms with E-state index >= 15 is 0 Å². The van der Waals surface area contributed by atoms with Crippen LogP contribution in [0.15, 0.2) is 83.8 Å². The highest BCUT2D eigenvalue weighted by Crippen LogP contribution is 2.28. The van der Waals surface area contributed by atoms with Crippen molar-refractivity contribution in [1.82, 2.24) is 10.2 Å². The Morgan fingerprint density at radius 3 is 2.29 bits per heavy atom. The second kappa shape index (κ2) is 13.3. The Hall–Kier alpha value is -3.56. The van der Waals surface area contributed by atoms with Crippen LogP contribution < -0.4 is 14.4 Å². The number of nitrogens with zero attached hydrogens (tertiary/aromatic N) is 2. The summed E-state index contributed by atoms with van der Waals surface area (Å²) >= 11 is 6.39. The van der Waals surface area contributed by atoms with Gasteiger partial charge in [0.1, 0.15) is 18.3 Å². The fraction of sp³-hybridized carbons (Fsp3) is 0.286. The van der Waals surface area contributed by atoms with Crippen LogP contribution in [0.2, 0.25) is 5.02 Å². The number of halogens is 1. The molecule has 10 heteroatoms. The first-order chi connectivity index (χ1) is 18.2. The molecular weight excluding hydrogens is 526 g/mol. The van der Waals surface area contributed by atoms with E-state index in [-0.39, 0.29) is 23.0 Å². The van der Waals surface area contributed by atoms with Crippen molar-refractivity contribution in [3.05, 3.63) is 89.4 Å². The molecule has 0 fully saturated rings. The van der Waals surface area contributed by atoms with Crippen molar-refractivity contribution in [2.24, 2.45) is 0 Å². The normalized spacial score (nSPS) is 11.9. The molecule has 0 spiro atoms. The zero-order valence-corrected chi connectivity index (χ0v) is 23.2. The van der Waals surface area contributed by atoms with Gasteiger partial charge in [-0.05, 0) is 49.2 Å². The number of ether oxygens (including phenoxy) is 1. The third kappa shape index (κ3) is 6.85. The number of hydrogen-bond donors (Lipinski definition) is 1. The Labute approximate surface area is 229 Å². The zero-order valence-electron chi connectivity index (χ0n) is 21.6. The van der Waals surface area contributed by atoms with E-state index in [1.54, 1.807) is 80.6 Å². The third-order valence-electron chi connectivity index (χ3n) is 5.99. The summed E-state index contributed by atoms with van der Waals surface area (Å²) in [5.74, 6) is -0.440. The molecule has 0 aliphatic carbocycles. The van der Waals surface area contributed by atoms with Crippen molar-refractivity contribution < 1.29 is 22.7 Å². The predicted molar refractivity (Wildman–Crippen MR) is 149 cm³/mol. The number of methoxy groups -OCH3 is 1. The SMILES string of the molecule is CCNC(=O)[C@@H](CC)N(Cc1ccccc1Cl)C(=O)CN(c1cccc(OC)c1)S(=O)(=O)c1ccccc1. The first kappa shape index (κ1) is 29.0. The van der Waals surface area contributed by atoms with E-state index in [2.05, 4.69) is 5.32 Å². The molecule has 0 heterocycles. The van der Waals surface area contributed by atoms with Crippen LogP contribution >= 0.6 is 11.6 Å². The number of benzene rings is 3. The molecule has 1 N–H and O–H groups in total. The minimum absolute atomic E-state index is 0.0315. The monoisotopic (exact) mass is 557 g/mol. The maximum Gasteiger partial charge on any atom is 0.264 e. The molecule has 0 unspecified atom stereocenters. The topological polar surface area (TPSA) is 96.0 Å². The van der Waals surface area contributed by atoms with E-state index < -0.39 is 28.5 Å². The summed E-state index contributed by atoms with van der Waals surface area (Å²) in [6, 6.07) is 20.6. The molecule has 3 aromatic carbocycles. The molecule has 0 aromatic heterocycles. The Kier molecular flexibility index (Phi) is 10.2. The summed E-state index contributed by atoms with van der Waals surface area (Å²) in [6.45, 7) is 3.48. The number of likely N-dealkylation sites (N-methyl/N-ethyl adjacent to an activating group) is 1. The first-order valence-corrected chi connectivity index (χ1v) is 14.1. The number of rotatable bonds is 12. The van der Waals surface area contributed by atoms with Gasteiger partial charge < -0.3 is 15.0 Å². The van der Waals surface area contributed by atoms with E-state index in [9.17, 15) is 18.0 Å². The Morgan fingerprint density at radius 2 is 1.66 bits per heavy atom. The van der Waals surface area contributed by atoms with Gasteiger partial charge in [-0.25, -0.2) is 8.42 Å². The van der Waals surface area contributed by atoms with Gasteiger partial charge in [-0.3, -0.25) is 13.9 Å². The van der Waals surface area contributed by atoms with E-state index in [4.69, 9.17) is 16.3 Å². The third-order valence-corrected chi connectivity index (χ3v) is 8.14. The number of amides is 2. The van der Waals surface area contributed by atoms with Crippen molar-refractivity contribution in [2.75, 3.05) is 24.5 Å². The minimum Gasteiger partial charge on any atom is -0.497 e. The second-order valence-electron chi connectivity index (χ2n) is 8.46. The number of anilines is 1. The van der Waals surface area contributed by atoms with E-state index in [0.29, 0.717) is 29.3 Å². The molecule has 202 valence electrons. The first-order valence-electron chi connectivity index (χ1n) is 12.2. The van der Waals surface area contributed by atoms with Crippen molar-refractivity contribution in [3.8, 4) is 5.75 Å². The van der Waals surface area contributed by atoms with E-state index in [1.165, 1.54) is 24.1 Å². The van der Waals surface area contributed by atoms with Crippen LogP contribution in [0.25, 0.3) is 0 Å². The van der Waals surface area contributed by atoms with Gasteiger partial charge in [0.15, 0.2) is 0 Å². The largest absolute Gasteiger partial charge is 0.497 e. The van der Waals surface area contributed by atoms with Gasteiger partial charge in [-0.2, -0.15) is 0 Å². The molecule has 0 saturated carbocycles. The molecule has 0 bridgehead atoms. The molecule has 8 nitrogen and oxygen atoms in total. The number of carbonyl (C=O) groups is 2. The van der Waals surface area contributed by atoms with Crippen molar-refractivity contribution in [1.29, 1.82) is 0 Å². The number of carbonyl (C=O) groups excluding carboxylic acids is 2. The summed E-state index contributed by atoms with van der Waals surface area (Å²) < 4.78 is 33.9. The molecule has 3 rings (SSSR count). The van der Waals surface area contributed by atoms with Crippen LogP contribution in [-0.2, 0) is 26.2 Å². The van der Waals surface area contributed by atoms with Crippen LogP contribution in [0.1, 0.15) is 25.8 Å². The zero-order chi connectivity index (χ0) is 27.7. The van der Waals surface area contributed by atoms with Crippen LogP contribution in [0.4, 0.5) is 5.69 Å². The van der Waals surface area contributed by atoms with Gasteiger partial charge in [0.05, 0.1) is 17.7 Å². The lowest BCUT2D eigenvalue weighted by Gasteiger charge is -2.33. The maximum absolute atomic E-state index is 13.9. The van der Waals surface area contributed by atoms with Crippen LogP contribution in [0.5, 0.6) is 5.75 Å².